The Morgan fingerprint density at radius 2 is 1.03 bits per heavy atom. The molecule has 0 aliphatic rings. The van der Waals surface area contributed by atoms with Gasteiger partial charge in [-0.3, -0.25) is 4.79 Å². The van der Waals surface area contributed by atoms with Gasteiger partial charge < -0.3 is 9.47 Å². The fourth-order valence-electron chi connectivity index (χ4n) is 3.86. The van der Waals surface area contributed by atoms with E-state index in [1.54, 1.807) is 72.8 Å². The van der Waals surface area contributed by atoms with Crippen LogP contribution in [0, 0.1) is 0 Å². The molecule has 0 amide bonds. The number of carbonyl (C=O) groups is 1. The summed E-state index contributed by atoms with van der Waals surface area (Å²) in [6, 6.07) is 27.2. The van der Waals surface area contributed by atoms with E-state index in [4.69, 9.17) is 9.47 Å². The van der Waals surface area contributed by atoms with E-state index < -0.39 is 9.84 Å². The van der Waals surface area contributed by atoms with E-state index in [2.05, 4.69) is 13.8 Å². The molecule has 0 N–H and O–H groups in total. The van der Waals surface area contributed by atoms with Gasteiger partial charge in [0.2, 0.25) is 9.84 Å². The van der Waals surface area contributed by atoms with E-state index in [1.165, 1.54) is 12.1 Å². The third kappa shape index (κ3) is 6.50. The number of hydrogen-bond donors (Lipinski definition) is 0. The predicted molar refractivity (Wildman–Crippen MR) is 149 cm³/mol. The lowest BCUT2D eigenvalue weighted by molar-refractivity contribution is 0.103. The van der Waals surface area contributed by atoms with E-state index in [0.29, 0.717) is 34.3 Å². The Morgan fingerprint density at radius 3 is 1.45 bits per heavy atom. The second-order valence-electron chi connectivity index (χ2n) is 10.4. The highest BCUT2D eigenvalue weighted by Crippen LogP contribution is 2.28. The van der Waals surface area contributed by atoms with Gasteiger partial charge >= 0.3 is 0 Å². The van der Waals surface area contributed by atoms with E-state index in [1.807, 2.05) is 32.9 Å². The Kier molecular flexibility index (Phi) is 7.74. The highest BCUT2D eigenvalue weighted by Gasteiger charge is 2.18. The van der Waals surface area contributed by atoms with Crippen LogP contribution in [0.2, 0.25) is 0 Å². The normalized spacial score (nSPS) is 11.8. The highest BCUT2D eigenvalue weighted by atomic mass is 32.2. The van der Waals surface area contributed by atoms with Gasteiger partial charge in [0, 0.05) is 11.1 Å². The van der Waals surface area contributed by atoms with Crippen LogP contribution in [0.25, 0.3) is 0 Å². The minimum atomic E-state index is -3.63. The van der Waals surface area contributed by atoms with Crippen LogP contribution in [-0.2, 0) is 9.84 Å². The van der Waals surface area contributed by atoms with Crippen LogP contribution < -0.4 is 9.47 Å². The van der Waals surface area contributed by atoms with Crippen LogP contribution in [0.5, 0.6) is 17.2 Å². The lowest BCUT2D eigenvalue weighted by atomic mass is 10.0. The van der Waals surface area contributed by atoms with Crippen LogP contribution in [0.15, 0.2) is 107 Å². The smallest absolute Gasteiger partial charge is 0.206 e. The zero-order chi connectivity index (χ0) is 27.5. The van der Waals surface area contributed by atoms with Gasteiger partial charge in [-0.15, -0.1) is 0 Å². The largest absolute Gasteiger partial charge is 0.488 e. The molecule has 0 radical (unpaired) electrons. The number of rotatable bonds is 8. The molecule has 4 rings (SSSR count). The molecule has 0 fully saturated rings. The molecular weight excluding hydrogens is 496 g/mol. The first kappa shape index (κ1) is 27.1. The van der Waals surface area contributed by atoms with E-state index >= 15 is 0 Å². The van der Waals surface area contributed by atoms with Crippen molar-refractivity contribution in [1.29, 1.82) is 0 Å². The molecule has 0 saturated carbocycles. The van der Waals surface area contributed by atoms with Crippen molar-refractivity contribution in [2.24, 2.45) is 0 Å². The summed E-state index contributed by atoms with van der Waals surface area (Å²) in [4.78, 5) is 13.3. The summed E-state index contributed by atoms with van der Waals surface area (Å²) in [5.41, 5.74) is 1.88. The van der Waals surface area contributed by atoms with Crippen molar-refractivity contribution in [2.45, 2.75) is 55.9 Å². The monoisotopic (exact) mass is 528 g/mol. The summed E-state index contributed by atoms with van der Waals surface area (Å²) < 4.78 is 37.7. The van der Waals surface area contributed by atoms with Gasteiger partial charge in [0.15, 0.2) is 5.78 Å². The standard InChI is InChI=1S/C32H32O5S/c1-22(2)23-10-18-29(19-11-23)38(34,35)30-20-16-27(17-21-30)36-26-12-6-24(7-13-26)31(33)25-8-14-28(15-9-25)37-32(3,4)5/h6-22H,1-5H3. The molecule has 5 nitrogen and oxygen atoms in total. The molecule has 196 valence electrons. The quantitative estimate of drug-likeness (QED) is 0.218. The fraction of sp³-hybridized carbons (Fsp3) is 0.219. The van der Waals surface area contributed by atoms with Gasteiger partial charge in [-0.05, 0) is 117 Å². The lowest BCUT2D eigenvalue weighted by Crippen LogP contribution is -2.22. The van der Waals surface area contributed by atoms with Crippen LogP contribution >= 0.6 is 0 Å². The summed E-state index contributed by atoms with van der Waals surface area (Å²) >= 11 is 0. The van der Waals surface area contributed by atoms with Gasteiger partial charge in [-0.2, -0.15) is 0 Å². The van der Waals surface area contributed by atoms with Gasteiger partial charge in [0.25, 0.3) is 0 Å². The summed E-state index contributed by atoms with van der Waals surface area (Å²) in [6.45, 7) is 10.0. The molecule has 0 aliphatic carbocycles. The molecular formula is C32H32O5S. The van der Waals surface area contributed by atoms with Crippen LogP contribution in [0.3, 0.4) is 0 Å². The zero-order valence-corrected chi connectivity index (χ0v) is 23.1. The molecule has 0 atom stereocenters. The van der Waals surface area contributed by atoms with Crippen LogP contribution in [-0.4, -0.2) is 19.8 Å². The van der Waals surface area contributed by atoms with E-state index in [-0.39, 0.29) is 21.2 Å². The summed E-state index contributed by atoms with van der Waals surface area (Å²) in [7, 11) is -3.63. The van der Waals surface area contributed by atoms with Crippen LogP contribution in [0.4, 0.5) is 0 Å². The first-order valence-electron chi connectivity index (χ1n) is 12.5. The molecule has 0 unspecified atom stereocenters. The van der Waals surface area contributed by atoms with Gasteiger partial charge in [-0.1, -0.05) is 26.0 Å². The van der Waals surface area contributed by atoms with Gasteiger partial charge in [0.1, 0.15) is 22.8 Å². The average molecular weight is 529 g/mol. The fourth-order valence-corrected chi connectivity index (χ4v) is 5.12. The van der Waals surface area contributed by atoms with Crippen LogP contribution in [0.1, 0.15) is 62.0 Å². The van der Waals surface area contributed by atoms with E-state index in [0.717, 1.165) is 5.56 Å². The van der Waals surface area contributed by atoms with Crippen molar-refractivity contribution in [3.05, 3.63) is 114 Å². The van der Waals surface area contributed by atoms with Crippen molar-refractivity contribution in [3.8, 4) is 17.2 Å². The molecule has 6 heteroatoms. The second kappa shape index (κ2) is 10.8. The summed E-state index contributed by atoms with van der Waals surface area (Å²) in [5, 5.41) is 0. The number of sulfone groups is 1. The van der Waals surface area contributed by atoms with Crippen molar-refractivity contribution in [1.82, 2.24) is 0 Å². The molecule has 0 spiro atoms. The van der Waals surface area contributed by atoms with Crippen molar-refractivity contribution in [3.63, 3.8) is 0 Å². The molecule has 0 aromatic heterocycles. The van der Waals surface area contributed by atoms with Gasteiger partial charge in [0.05, 0.1) is 9.79 Å². The Hall–Kier alpha value is -3.90. The third-order valence-corrected chi connectivity index (χ3v) is 7.67. The maximum Gasteiger partial charge on any atom is 0.206 e. The molecule has 4 aromatic rings. The summed E-state index contributed by atoms with van der Waals surface area (Å²) in [5.74, 6) is 1.97. The number of ether oxygens (including phenoxy) is 2. The number of benzene rings is 4. The molecule has 0 heterocycles. The highest BCUT2D eigenvalue weighted by molar-refractivity contribution is 7.91. The molecule has 38 heavy (non-hydrogen) atoms. The topological polar surface area (TPSA) is 69.7 Å². The molecule has 4 aromatic carbocycles. The van der Waals surface area contributed by atoms with Crippen molar-refractivity contribution < 1.29 is 22.7 Å². The maximum absolute atomic E-state index is 13.0. The Balaban J connectivity index is 1.42. The first-order valence-corrected chi connectivity index (χ1v) is 14.0. The Morgan fingerprint density at radius 1 is 0.632 bits per heavy atom. The molecule has 0 saturated heterocycles. The maximum atomic E-state index is 13.0. The zero-order valence-electron chi connectivity index (χ0n) is 22.3. The van der Waals surface area contributed by atoms with Gasteiger partial charge in [-0.25, -0.2) is 8.42 Å². The number of ketones is 1. The van der Waals surface area contributed by atoms with Crippen molar-refractivity contribution in [2.75, 3.05) is 0 Å². The average Bonchev–Trinajstić information content (AvgIpc) is 2.88. The minimum Gasteiger partial charge on any atom is -0.488 e. The minimum absolute atomic E-state index is 0.102. The Bertz CT molecular complexity index is 1490. The Labute approximate surface area is 225 Å². The summed E-state index contributed by atoms with van der Waals surface area (Å²) in [6.07, 6.45) is 0. The lowest BCUT2D eigenvalue weighted by Gasteiger charge is -2.21. The molecule has 0 bridgehead atoms. The second-order valence-corrected chi connectivity index (χ2v) is 12.3. The van der Waals surface area contributed by atoms with E-state index in [9.17, 15) is 13.2 Å². The molecule has 0 aliphatic heterocycles. The van der Waals surface area contributed by atoms with Crippen molar-refractivity contribution >= 4 is 15.6 Å². The SMILES string of the molecule is CC(C)c1ccc(S(=O)(=O)c2ccc(Oc3ccc(C(=O)c4ccc(OC(C)(C)C)cc4)cc3)cc2)cc1. The number of carbonyl (C=O) groups excluding carboxylic acids is 1. The first-order chi connectivity index (χ1) is 17.9. The number of hydrogen-bond acceptors (Lipinski definition) is 5. The predicted octanol–water partition coefficient (Wildman–Crippen LogP) is 7.84. The third-order valence-electron chi connectivity index (χ3n) is 5.88.